The Morgan fingerprint density at radius 3 is 2.89 bits per heavy atom. The number of Topliss-reactive ketones (excluding diaryl/α,β-unsaturated/α-hetero) is 1. The maximum absolute atomic E-state index is 13.1. The van der Waals surface area contributed by atoms with Crippen molar-refractivity contribution in [2.45, 2.75) is 13.3 Å². The molecule has 0 bridgehead atoms. The maximum Gasteiger partial charge on any atom is 0.292 e. The van der Waals surface area contributed by atoms with E-state index >= 15 is 0 Å². The Bertz CT molecular complexity index is 604. The van der Waals surface area contributed by atoms with Gasteiger partial charge in [-0.3, -0.25) is 9.59 Å². The molecule has 0 unspecified atom stereocenters. The SMILES string of the molecule is CCCNC(=O)C(=O)c1c[nH]c2ccc(F)cc12. The smallest absolute Gasteiger partial charge is 0.292 e. The van der Waals surface area contributed by atoms with Crippen molar-refractivity contribution in [3.05, 3.63) is 35.8 Å². The number of H-pyrrole nitrogens is 1. The molecule has 1 amide bonds. The van der Waals surface area contributed by atoms with E-state index in [1.807, 2.05) is 6.92 Å². The Morgan fingerprint density at radius 1 is 1.39 bits per heavy atom. The number of aromatic amines is 1. The molecule has 0 aliphatic heterocycles. The van der Waals surface area contributed by atoms with Gasteiger partial charge in [0.05, 0.1) is 5.56 Å². The van der Waals surface area contributed by atoms with Crippen molar-refractivity contribution < 1.29 is 14.0 Å². The lowest BCUT2D eigenvalue weighted by atomic mass is 10.1. The molecule has 0 aliphatic rings. The van der Waals surface area contributed by atoms with Crippen LogP contribution >= 0.6 is 0 Å². The number of hydrogen-bond acceptors (Lipinski definition) is 2. The molecule has 4 nitrogen and oxygen atoms in total. The number of ketones is 1. The fourth-order valence-corrected chi connectivity index (χ4v) is 1.72. The second-order valence-electron chi connectivity index (χ2n) is 3.98. The minimum atomic E-state index is -0.665. The van der Waals surface area contributed by atoms with Crippen LogP contribution in [0, 0.1) is 5.82 Å². The zero-order valence-corrected chi connectivity index (χ0v) is 9.92. The molecule has 0 atom stereocenters. The van der Waals surface area contributed by atoms with Crippen LogP contribution in [0.2, 0.25) is 0 Å². The van der Waals surface area contributed by atoms with Crippen LogP contribution in [0.5, 0.6) is 0 Å². The first kappa shape index (κ1) is 12.3. The first-order valence-corrected chi connectivity index (χ1v) is 5.72. The van der Waals surface area contributed by atoms with E-state index in [9.17, 15) is 14.0 Å². The van der Waals surface area contributed by atoms with Crippen molar-refractivity contribution in [2.24, 2.45) is 0 Å². The summed E-state index contributed by atoms with van der Waals surface area (Å²) in [5, 5.41) is 2.93. The number of fused-ring (bicyclic) bond motifs is 1. The minimum absolute atomic E-state index is 0.193. The predicted octanol–water partition coefficient (Wildman–Crippen LogP) is 2.02. The fraction of sp³-hybridized carbons (Fsp3) is 0.231. The van der Waals surface area contributed by atoms with E-state index in [2.05, 4.69) is 10.3 Å². The molecule has 1 aromatic heterocycles. The third-order valence-corrected chi connectivity index (χ3v) is 2.63. The molecule has 2 rings (SSSR count). The van der Waals surface area contributed by atoms with Crippen molar-refractivity contribution in [1.29, 1.82) is 0 Å². The number of carbonyl (C=O) groups excluding carboxylic acids is 2. The van der Waals surface area contributed by atoms with E-state index in [4.69, 9.17) is 0 Å². The highest BCUT2D eigenvalue weighted by atomic mass is 19.1. The third-order valence-electron chi connectivity index (χ3n) is 2.63. The molecule has 2 aromatic rings. The number of nitrogens with one attached hydrogen (secondary N) is 2. The van der Waals surface area contributed by atoms with Crippen molar-refractivity contribution in [1.82, 2.24) is 10.3 Å². The topological polar surface area (TPSA) is 62.0 Å². The highest BCUT2D eigenvalue weighted by Crippen LogP contribution is 2.19. The maximum atomic E-state index is 13.1. The number of rotatable bonds is 4. The summed E-state index contributed by atoms with van der Waals surface area (Å²) < 4.78 is 13.1. The van der Waals surface area contributed by atoms with Crippen LogP contribution in [0.15, 0.2) is 24.4 Å². The highest BCUT2D eigenvalue weighted by molar-refractivity contribution is 6.44. The third kappa shape index (κ3) is 2.25. The quantitative estimate of drug-likeness (QED) is 0.642. The van der Waals surface area contributed by atoms with Gasteiger partial charge in [-0.05, 0) is 24.6 Å². The van der Waals surface area contributed by atoms with Gasteiger partial charge in [0.15, 0.2) is 0 Å². The molecular weight excluding hydrogens is 235 g/mol. The predicted molar refractivity (Wildman–Crippen MR) is 65.9 cm³/mol. The largest absolute Gasteiger partial charge is 0.360 e. The van der Waals surface area contributed by atoms with Crippen LogP contribution in [-0.4, -0.2) is 23.2 Å². The van der Waals surface area contributed by atoms with Crippen molar-refractivity contribution >= 4 is 22.6 Å². The van der Waals surface area contributed by atoms with Crippen molar-refractivity contribution in [3.8, 4) is 0 Å². The lowest BCUT2D eigenvalue weighted by molar-refractivity contribution is -0.116. The summed E-state index contributed by atoms with van der Waals surface area (Å²) in [6.45, 7) is 2.34. The van der Waals surface area contributed by atoms with Gasteiger partial charge in [-0.15, -0.1) is 0 Å². The lowest BCUT2D eigenvalue weighted by Gasteiger charge is -2.01. The molecule has 0 fully saturated rings. The average Bonchev–Trinajstić information content (AvgIpc) is 2.77. The number of benzene rings is 1. The molecule has 0 spiro atoms. The van der Waals surface area contributed by atoms with Gasteiger partial charge in [0, 0.05) is 23.6 Å². The van der Waals surface area contributed by atoms with Gasteiger partial charge in [0.25, 0.3) is 11.7 Å². The van der Waals surface area contributed by atoms with E-state index in [0.29, 0.717) is 17.4 Å². The van der Waals surface area contributed by atoms with E-state index in [1.54, 1.807) is 0 Å². The van der Waals surface area contributed by atoms with E-state index in [1.165, 1.54) is 24.4 Å². The summed E-state index contributed by atoms with van der Waals surface area (Å²) >= 11 is 0. The number of amides is 1. The van der Waals surface area contributed by atoms with Crippen molar-refractivity contribution in [3.63, 3.8) is 0 Å². The first-order valence-electron chi connectivity index (χ1n) is 5.72. The van der Waals surface area contributed by atoms with Gasteiger partial charge in [-0.2, -0.15) is 0 Å². The zero-order valence-electron chi connectivity index (χ0n) is 9.92. The molecule has 0 saturated heterocycles. The van der Waals surface area contributed by atoms with Crippen molar-refractivity contribution in [2.75, 3.05) is 6.54 Å². The summed E-state index contributed by atoms with van der Waals surface area (Å²) in [6, 6.07) is 4.07. The molecule has 1 aromatic carbocycles. The standard InChI is InChI=1S/C13H13FN2O2/c1-2-5-15-13(18)12(17)10-7-16-11-4-3-8(14)6-9(10)11/h3-4,6-7,16H,2,5H2,1H3,(H,15,18). The Labute approximate surface area is 103 Å². The van der Waals surface area contributed by atoms with Crippen LogP contribution in [0.4, 0.5) is 4.39 Å². The molecule has 0 saturated carbocycles. The van der Waals surface area contributed by atoms with Gasteiger partial charge >= 0.3 is 0 Å². The Kier molecular flexibility index (Phi) is 3.41. The number of aromatic nitrogens is 1. The lowest BCUT2D eigenvalue weighted by Crippen LogP contribution is -2.31. The summed E-state index contributed by atoms with van der Waals surface area (Å²) in [7, 11) is 0. The molecule has 2 N–H and O–H groups in total. The average molecular weight is 248 g/mol. The monoisotopic (exact) mass is 248 g/mol. The van der Waals surface area contributed by atoms with Gasteiger partial charge < -0.3 is 10.3 Å². The van der Waals surface area contributed by atoms with E-state index < -0.39 is 17.5 Å². The molecule has 5 heteroatoms. The number of carbonyl (C=O) groups is 2. The van der Waals surface area contributed by atoms with Crippen LogP contribution in [0.25, 0.3) is 10.9 Å². The second kappa shape index (κ2) is 5.00. The summed E-state index contributed by atoms with van der Waals surface area (Å²) in [4.78, 5) is 26.3. The van der Waals surface area contributed by atoms with Gasteiger partial charge in [-0.25, -0.2) is 4.39 Å². The minimum Gasteiger partial charge on any atom is -0.360 e. The molecule has 0 aliphatic carbocycles. The fourth-order valence-electron chi connectivity index (χ4n) is 1.72. The van der Waals surface area contributed by atoms with E-state index in [-0.39, 0.29) is 5.56 Å². The van der Waals surface area contributed by atoms with Gasteiger partial charge in [0.2, 0.25) is 0 Å². The Hall–Kier alpha value is -2.17. The molecule has 94 valence electrons. The van der Waals surface area contributed by atoms with Crippen LogP contribution in [0.1, 0.15) is 23.7 Å². The van der Waals surface area contributed by atoms with Crippen LogP contribution in [-0.2, 0) is 4.79 Å². The Balaban J connectivity index is 2.33. The molecule has 1 heterocycles. The highest BCUT2D eigenvalue weighted by Gasteiger charge is 2.19. The van der Waals surface area contributed by atoms with E-state index in [0.717, 1.165) is 6.42 Å². The second-order valence-corrected chi connectivity index (χ2v) is 3.98. The van der Waals surface area contributed by atoms with Crippen LogP contribution in [0.3, 0.4) is 0 Å². The molecular formula is C13H13FN2O2. The first-order chi connectivity index (χ1) is 8.63. The summed E-state index contributed by atoms with van der Waals surface area (Å²) in [6.07, 6.45) is 2.18. The van der Waals surface area contributed by atoms with Gasteiger partial charge in [-0.1, -0.05) is 6.92 Å². The normalized spacial score (nSPS) is 10.6. The summed E-state index contributed by atoms with van der Waals surface area (Å²) in [5.41, 5.74) is 0.821. The zero-order chi connectivity index (χ0) is 13.1. The van der Waals surface area contributed by atoms with Crippen LogP contribution < -0.4 is 5.32 Å². The Morgan fingerprint density at radius 2 is 2.17 bits per heavy atom. The molecule has 0 radical (unpaired) electrons. The van der Waals surface area contributed by atoms with Gasteiger partial charge in [0.1, 0.15) is 5.82 Å². The molecule has 18 heavy (non-hydrogen) atoms. The summed E-state index contributed by atoms with van der Waals surface area (Å²) in [5.74, 6) is -1.76. The number of halogens is 1. The number of hydrogen-bond donors (Lipinski definition) is 2.